The first-order valence-corrected chi connectivity index (χ1v) is 13.1. The largest absolute Gasteiger partial charge is 0.371 e. The Labute approximate surface area is 197 Å². The fraction of sp³-hybridized carbons (Fsp3) is 0.545. The molecule has 34 heavy (non-hydrogen) atoms. The van der Waals surface area contributed by atoms with Crippen LogP contribution >= 0.6 is 0 Å². The minimum atomic E-state index is -3.54. The predicted molar refractivity (Wildman–Crippen MR) is 122 cm³/mol. The number of nitrogens with zero attached hydrogens (tertiary/aromatic N) is 4. The Kier molecular flexibility index (Phi) is 6.61. The third-order valence-corrected chi connectivity index (χ3v) is 7.29. The molecule has 2 aliphatic rings. The van der Waals surface area contributed by atoms with Crippen molar-refractivity contribution in [2.24, 2.45) is 0 Å². The third-order valence-electron chi connectivity index (χ3n) is 6.18. The molecule has 1 aromatic heterocycles. The van der Waals surface area contributed by atoms with E-state index in [1.54, 1.807) is 4.90 Å². The van der Waals surface area contributed by atoms with Crippen LogP contribution in [0.1, 0.15) is 51.3 Å². The van der Waals surface area contributed by atoms with E-state index >= 15 is 0 Å². The van der Waals surface area contributed by atoms with Crippen molar-refractivity contribution in [3.8, 4) is 0 Å². The zero-order chi connectivity index (χ0) is 24.6. The molecule has 1 unspecified atom stereocenters. The number of sulfone groups is 1. The highest BCUT2D eigenvalue weighted by atomic mass is 32.2. The second-order valence-electron chi connectivity index (χ2n) is 9.06. The summed E-state index contributed by atoms with van der Waals surface area (Å²) < 4.78 is 43.0. The van der Waals surface area contributed by atoms with Gasteiger partial charge in [-0.15, -0.1) is 0 Å². The maximum absolute atomic E-state index is 14.5. The fourth-order valence-electron chi connectivity index (χ4n) is 4.29. The maximum atomic E-state index is 14.5. The number of rotatable bonds is 6. The van der Waals surface area contributed by atoms with E-state index in [4.69, 9.17) is 4.52 Å². The highest BCUT2D eigenvalue weighted by Gasteiger charge is 2.38. The van der Waals surface area contributed by atoms with Gasteiger partial charge in [0.25, 0.3) is 5.95 Å². The van der Waals surface area contributed by atoms with Gasteiger partial charge >= 0.3 is 0 Å². The first-order chi connectivity index (χ1) is 16.0. The van der Waals surface area contributed by atoms with Gasteiger partial charge in [0.2, 0.25) is 17.7 Å². The lowest BCUT2D eigenvalue weighted by molar-refractivity contribution is -0.138. The normalized spacial score (nSPS) is 21.9. The molecule has 1 aromatic carbocycles. The molecule has 2 atom stereocenters. The molecule has 0 radical (unpaired) electrons. The smallest absolute Gasteiger partial charge is 0.272 e. The summed E-state index contributed by atoms with van der Waals surface area (Å²) in [6.45, 7) is 4.72. The molecule has 0 saturated carbocycles. The van der Waals surface area contributed by atoms with E-state index in [9.17, 15) is 22.4 Å². The molecular formula is C22H28FN5O5S. The van der Waals surface area contributed by atoms with Gasteiger partial charge in [0, 0.05) is 37.7 Å². The van der Waals surface area contributed by atoms with Gasteiger partial charge in [-0.05, 0) is 42.6 Å². The van der Waals surface area contributed by atoms with Crippen LogP contribution in [-0.4, -0.2) is 66.7 Å². The van der Waals surface area contributed by atoms with Crippen molar-refractivity contribution in [2.45, 2.75) is 62.4 Å². The van der Waals surface area contributed by atoms with Crippen LogP contribution in [0.15, 0.2) is 27.6 Å². The van der Waals surface area contributed by atoms with E-state index in [0.29, 0.717) is 38.2 Å². The molecule has 3 heterocycles. The van der Waals surface area contributed by atoms with E-state index in [-0.39, 0.29) is 46.7 Å². The van der Waals surface area contributed by atoms with Gasteiger partial charge in [-0.2, -0.15) is 4.98 Å². The summed E-state index contributed by atoms with van der Waals surface area (Å²) in [6, 6.07) is 2.65. The minimum absolute atomic E-state index is 0.0525. The lowest BCUT2D eigenvalue weighted by Crippen LogP contribution is -2.56. The first-order valence-electron chi connectivity index (χ1n) is 11.2. The van der Waals surface area contributed by atoms with Gasteiger partial charge in [-0.3, -0.25) is 14.5 Å². The number of benzene rings is 1. The highest BCUT2D eigenvalue weighted by molar-refractivity contribution is 7.90. The van der Waals surface area contributed by atoms with Crippen LogP contribution in [0.3, 0.4) is 0 Å². The number of piperidine rings is 2. The van der Waals surface area contributed by atoms with E-state index < -0.39 is 21.7 Å². The molecule has 0 bridgehead atoms. The SMILES string of the molecule is CC(C)c1nc(N2CC[C@H](N3CCCC(Nc4ccc(S(C)(=O)=O)cc4F)C3=O)CC2=O)no1. The number of anilines is 2. The number of carbonyl (C=O) groups is 2. The number of amides is 2. The lowest BCUT2D eigenvalue weighted by Gasteiger charge is -2.41. The van der Waals surface area contributed by atoms with E-state index in [0.717, 1.165) is 12.3 Å². The summed E-state index contributed by atoms with van der Waals surface area (Å²) in [4.78, 5) is 33.3. The van der Waals surface area contributed by atoms with Gasteiger partial charge in [0.1, 0.15) is 11.9 Å². The van der Waals surface area contributed by atoms with Gasteiger partial charge in [-0.1, -0.05) is 13.8 Å². The molecule has 0 spiro atoms. The van der Waals surface area contributed by atoms with Crippen molar-refractivity contribution in [2.75, 3.05) is 29.6 Å². The molecule has 2 amide bonds. The summed E-state index contributed by atoms with van der Waals surface area (Å²) in [5.41, 5.74) is 0.0663. The lowest BCUT2D eigenvalue weighted by atomic mass is 9.96. The molecule has 2 aromatic rings. The van der Waals surface area contributed by atoms with Crippen LogP contribution < -0.4 is 10.2 Å². The zero-order valence-corrected chi connectivity index (χ0v) is 20.1. The topological polar surface area (TPSA) is 126 Å². The molecule has 10 nitrogen and oxygen atoms in total. The molecule has 4 rings (SSSR count). The second-order valence-corrected chi connectivity index (χ2v) is 11.1. The van der Waals surface area contributed by atoms with Gasteiger partial charge in [0.15, 0.2) is 9.84 Å². The molecule has 0 aliphatic carbocycles. The average Bonchev–Trinajstić information content (AvgIpc) is 3.26. The molecule has 2 aliphatic heterocycles. The van der Waals surface area contributed by atoms with Gasteiger partial charge in [-0.25, -0.2) is 12.8 Å². The second kappa shape index (κ2) is 9.32. The average molecular weight is 494 g/mol. The summed E-state index contributed by atoms with van der Waals surface area (Å²) in [5, 5.41) is 6.82. The number of nitrogens with one attached hydrogen (secondary N) is 1. The van der Waals surface area contributed by atoms with Gasteiger partial charge in [0.05, 0.1) is 10.6 Å². The van der Waals surface area contributed by atoms with Crippen molar-refractivity contribution in [1.29, 1.82) is 0 Å². The van der Waals surface area contributed by atoms with Crippen LogP contribution in [-0.2, 0) is 19.4 Å². The number of aromatic nitrogens is 2. The van der Waals surface area contributed by atoms with Crippen LogP contribution in [0.4, 0.5) is 16.0 Å². The van der Waals surface area contributed by atoms with Crippen molar-refractivity contribution >= 4 is 33.3 Å². The van der Waals surface area contributed by atoms with Crippen molar-refractivity contribution in [1.82, 2.24) is 15.0 Å². The van der Waals surface area contributed by atoms with Crippen LogP contribution in [0.25, 0.3) is 0 Å². The maximum Gasteiger partial charge on any atom is 0.272 e. The Bertz CT molecular complexity index is 1200. The molecule has 1 N–H and O–H groups in total. The summed E-state index contributed by atoms with van der Waals surface area (Å²) in [6.07, 6.45) is 2.92. The Hall–Kier alpha value is -3.02. The highest BCUT2D eigenvalue weighted by Crippen LogP contribution is 2.28. The zero-order valence-electron chi connectivity index (χ0n) is 19.3. The van der Waals surface area contributed by atoms with Crippen molar-refractivity contribution in [3.05, 3.63) is 29.9 Å². The molecule has 12 heteroatoms. The Balaban J connectivity index is 1.42. The minimum Gasteiger partial charge on any atom is -0.371 e. The third kappa shape index (κ3) is 4.91. The quantitative estimate of drug-likeness (QED) is 0.650. The van der Waals surface area contributed by atoms with E-state index in [1.165, 1.54) is 17.0 Å². The predicted octanol–water partition coefficient (Wildman–Crippen LogP) is 2.33. The Morgan fingerprint density at radius 2 is 1.97 bits per heavy atom. The Morgan fingerprint density at radius 1 is 1.21 bits per heavy atom. The number of hydrogen-bond acceptors (Lipinski definition) is 8. The number of hydrogen-bond donors (Lipinski definition) is 1. The summed E-state index contributed by atoms with van der Waals surface area (Å²) in [5.74, 6) is -0.371. The number of halogens is 1. The monoisotopic (exact) mass is 493 g/mol. The van der Waals surface area contributed by atoms with E-state index in [2.05, 4.69) is 15.5 Å². The van der Waals surface area contributed by atoms with Crippen LogP contribution in [0.5, 0.6) is 0 Å². The fourth-order valence-corrected chi connectivity index (χ4v) is 4.93. The van der Waals surface area contributed by atoms with Gasteiger partial charge < -0.3 is 14.7 Å². The van der Waals surface area contributed by atoms with E-state index in [1.807, 2.05) is 13.8 Å². The van der Waals surface area contributed by atoms with Crippen LogP contribution in [0.2, 0.25) is 0 Å². The number of carbonyl (C=O) groups excluding carboxylic acids is 2. The molecule has 2 fully saturated rings. The molecular weight excluding hydrogens is 465 g/mol. The van der Waals surface area contributed by atoms with Crippen molar-refractivity contribution in [3.63, 3.8) is 0 Å². The first kappa shape index (κ1) is 24.1. The standard InChI is InChI=1S/C22H28FN5O5S/c1-13(2)20-25-22(26-33-20)28-10-8-14(11-19(28)29)27-9-4-5-18(21(27)30)24-17-7-6-15(12-16(17)23)34(3,31)32/h6-7,12-14,18,24H,4-5,8-11H2,1-3H3/t14-,18?/m0/s1. The molecule has 184 valence electrons. The summed E-state index contributed by atoms with van der Waals surface area (Å²) >= 11 is 0. The Morgan fingerprint density at radius 3 is 2.59 bits per heavy atom. The molecule has 2 saturated heterocycles. The van der Waals surface area contributed by atoms with Crippen molar-refractivity contribution < 1.29 is 26.9 Å². The number of likely N-dealkylation sites (tertiary alicyclic amines) is 1. The van der Waals surface area contributed by atoms with Crippen LogP contribution in [0, 0.1) is 5.82 Å². The summed E-state index contributed by atoms with van der Waals surface area (Å²) in [7, 11) is -3.54.